The van der Waals surface area contributed by atoms with Crippen LogP contribution in [0.5, 0.6) is 17.2 Å². The van der Waals surface area contributed by atoms with Gasteiger partial charge in [-0.3, -0.25) is 9.59 Å². The smallest absolute Gasteiger partial charge is 0.295 e. The first-order valence-corrected chi connectivity index (χ1v) is 10.9. The number of ketones is 1. The Labute approximate surface area is 197 Å². The SMILES string of the molecule is CCOc1cc(C2/C(=C(/O)c3ccccc3)C(=O)C(=O)N2Cc2ccc(OC)cc2)ccc1O. The second kappa shape index (κ2) is 9.70. The largest absolute Gasteiger partial charge is 0.507 e. The van der Waals surface area contributed by atoms with Gasteiger partial charge in [0.25, 0.3) is 11.7 Å². The summed E-state index contributed by atoms with van der Waals surface area (Å²) >= 11 is 0. The number of nitrogens with zero attached hydrogens (tertiary/aromatic N) is 1. The molecule has 0 aromatic heterocycles. The summed E-state index contributed by atoms with van der Waals surface area (Å²) < 4.78 is 10.7. The van der Waals surface area contributed by atoms with Crippen LogP contribution in [-0.4, -0.2) is 40.5 Å². The van der Waals surface area contributed by atoms with Gasteiger partial charge in [0, 0.05) is 12.1 Å². The molecule has 4 rings (SSSR count). The van der Waals surface area contributed by atoms with E-state index < -0.39 is 17.7 Å². The van der Waals surface area contributed by atoms with Crippen LogP contribution in [0.4, 0.5) is 0 Å². The second-order valence-corrected chi connectivity index (χ2v) is 7.80. The van der Waals surface area contributed by atoms with E-state index in [2.05, 4.69) is 0 Å². The Bertz CT molecular complexity index is 1230. The van der Waals surface area contributed by atoms with Crippen molar-refractivity contribution in [2.45, 2.75) is 19.5 Å². The van der Waals surface area contributed by atoms with Gasteiger partial charge in [-0.05, 0) is 42.3 Å². The number of likely N-dealkylation sites (tertiary alicyclic amines) is 1. The third kappa shape index (κ3) is 4.32. The Morgan fingerprint density at radius 1 is 1.00 bits per heavy atom. The number of hydrogen-bond donors (Lipinski definition) is 2. The van der Waals surface area contributed by atoms with E-state index in [0.717, 1.165) is 5.56 Å². The molecule has 0 aliphatic carbocycles. The van der Waals surface area contributed by atoms with Crippen molar-refractivity contribution in [3.63, 3.8) is 0 Å². The monoisotopic (exact) mass is 459 g/mol. The van der Waals surface area contributed by atoms with Crippen LogP contribution in [0, 0.1) is 0 Å². The van der Waals surface area contributed by atoms with Crippen molar-refractivity contribution in [3.8, 4) is 17.2 Å². The maximum atomic E-state index is 13.2. The van der Waals surface area contributed by atoms with Gasteiger partial charge in [-0.1, -0.05) is 48.5 Å². The molecule has 0 bridgehead atoms. The Hall–Kier alpha value is -4.26. The molecule has 174 valence electrons. The van der Waals surface area contributed by atoms with Crippen molar-refractivity contribution in [2.24, 2.45) is 0 Å². The molecule has 0 saturated carbocycles. The van der Waals surface area contributed by atoms with E-state index in [1.165, 1.54) is 11.0 Å². The van der Waals surface area contributed by atoms with Crippen molar-refractivity contribution in [2.75, 3.05) is 13.7 Å². The number of Topliss-reactive ketones (excluding diaryl/α,β-unsaturated/α-hetero) is 1. The van der Waals surface area contributed by atoms with Crippen LogP contribution in [-0.2, 0) is 16.1 Å². The Morgan fingerprint density at radius 3 is 2.35 bits per heavy atom. The maximum Gasteiger partial charge on any atom is 0.295 e. The molecule has 1 atom stereocenters. The van der Waals surface area contributed by atoms with E-state index in [0.29, 0.717) is 23.5 Å². The Morgan fingerprint density at radius 2 is 1.71 bits per heavy atom. The third-order valence-corrected chi connectivity index (χ3v) is 5.70. The van der Waals surface area contributed by atoms with Crippen LogP contribution in [0.15, 0.2) is 78.4 Å². The minimum atomic E-state index is -0.873. The number of aromatic hydroxyl groups is 1. The number of phenolic OH excluding ortho intramolecular Hbond substituents is 1. The van der Waals surface area contributed by atoms with E-state index in [1.807, 2.05) is 12.1 Å². The molecule has 7 nitrogen and oxygen atoms in total. The maximum absolute atomic E-state index is 13.2. The lowest BCUT2D eigenvalue weighted by atomic mass is 9.95. The Balaban J connectivity index is 1.85. The van der Waals surface area contributed by atoms with Crippen LogP contribution in [0.2, 0.25) is 0 Å². The normalized spacial score (nSPS) is 17.1. The minimum absolute atomic E-state index is 0.0159. The summed E-state index contributed by atoms with van der Waals surface area (Å²) in [6, 6.07) is 19.6. The highest BCUT2D eigenvalue weighted by Gasteiger charge is 2.46. The van der Waals surface area contributed by atoms with Crippen molar-refractivity contribution in [3.05, 3.63) is 95.1 Å². The standard InChI is InChI=1S/C27H25NO6/c1-3-34-22-15-19(11-14-21(22)29)24-23(25(30)18-7-5-4-6-8-18)26(31)27(32)28(24)16-17-9-12-20(33-2)13-10-17/h4-15,24,29-30H,3,16H2,1-2H3/b25-23-. The average Bonchev–Trinajstić information content (AvgIpc) is 3.11. The molecular formula is C27H25NO6. The highest BCUT2D eigenvalue weighted by atomic mass is 16.5. The minimum Gasteiger partial charge on any atom is -0.507 e. The molecule has 1 aliphatic rings. The van der Waals surface area contributed by atoms with E-state index in [4.69, 9.17) is 9.47 Å². The van der Waals surface area contributed by atoms with Crippen LogP contribution in [0.1, 0.15) is 29.7 Å². The first kappa shape index (κ1) is 22.9. The quantitative estimate of drug-likeness (QED) is 0.308. The number of rotatable bonds is 7. The van der Waals surface area contributed by atoms with Gasteiger partial charge in [-0.15, -0.1) is 0 Å². The van der Waals surface area contributed by atoms with Gasteiger partial charge in [-0.25, -0.2) is 0 Å². The summed E-state index contributed by atoms with van der Waals surface area (Å²) in [5, 5.41) is 21.3. The molecule has 0 radical (unpaired) electrons. The first-order chi connectivity index (χ1) is 16.4. The molecule has 1 saturated heterocycles. The fourth-order valence-corrected chi connectivity index (χ4v) is 4.04. The molecule has 1 amide bonds. The molecule has 7 heteroatoms. The molecule has 0 spiro atoms. The number of carbonyl (C=O) groups excluding carboxylic acids is 2. The van der Waals surface area contributed by atoms with Gasteiger partial charge >= 0.3 is 0 Å². The van der Waals surface area contributed by atoms with Crippen molar-refractivity contribution in [1.29, 1.82) is 0 Å². The Kier molecular flexibility index (Phi) is 6.54. The van der Waals surface area contributed by atoms with Crippen LogP contribution >= 0.6 is 0 Å². The highest BCUT2D eigenvalue weighted by molar-refractivity contribution is 6.46. The van der Waals surface area contributed by atoms with E-state index >= 15 is 0 Å². The lowest BCUT2D eigenvalue weighted by molar-refractivity contribution is -0.140. The number of amides is 1. The lowest BCUT2D eigenvalue weighted by Crippen LogP contribution is -2.29. The van der Waals surface area contributed by atoms with Crippen molar-refractivity contribution in [1.82, 2.24) is 4.90 Å². The van der Waals surface area contributed by atoms with Crippen LogP contribution in [0.3, 0.4) is 0 Å². The number of carbonyl (C=O) groups is 2. The zero-order valence-corrected chi connectivity index (χ0v) is 18.9. The number of phenols is 1. The molecule has 2 N–H and O–H groups in total. The predicted octanol–water partition coefficient (Wildman–Crippen LogP) is 4.42. The highest BCUT2D eigenvalue weighted by Crippen LogP contribution is 2.42. The number of methoxy groups -OCH3 is 1. The topological polar surface area (TPSA) is 96.3 Å². The third-order valence-electron chi connectivity index (χ3n) is 5.70. The van der Waals surface area contributed by atoms with Crippen molar-refractivity contribution >= 4 is 17.4 Å². The van der Waals surface area contributed by atoms with Gasteiger partial charge in [0.15, 0.2) is 11.5 Å². The van der Waals surface area contributed by atoms with E-state index in [9.17, 15) is 19.8 Å². The van der Waals surface area contributed by atoms with Gasteiger partial charge in [0.05, 0.1) is 25.3 Å². The fourth-order valence-electron chi connectivity index (χ4n) is 4.04. The number of aliphatic hydroxyl groups is 1. The summed E-state index contributed by atoms with van der Waals surface area (Å²) in [5.74, 6) is -0.899. The van der Waals surface area contributed by atoms with E-state index in [-0.39, 0.29) is 29.4 Å². The number of ether oxygens (including phenoxy) is 2. The van der Waals surface area contributed by atoms with Gasteiger partial charge in [0.2, 0.25) is 0 Å². The second-order valence-electron chi connectivity index (χ2n) is 7.80. The summed E-state index contributed by atoms with van der Waals surface area (Å²) in [4.78, 5) is 27.8. The summed E-state index contributed by atoms with van der Waals surface area (Å²) in [6.07, 6.45) is 0. The lowest BCUT2D eigenvalue weighted by Gasteiger charge is -2.26. The van der Waals surface area contributed by atoms with Crippen molar-refractivity contribution < 1.29 is 29.3 Å². The zero-order valence-electron chi connectivity index (χ0n) is 18.9. The molecule has 1 heterocycles. The van der Waals surface area contributed by atoms with Crippen LogP contribution in [0.25, 0.3) is 5.76 Å². The van der Waals surface area contributed by atoms with E-state index in [1.54, 1.807) is 68.6 Å². The molecule has 1 aliphatic heterocycles. The van der Waals surface area contributed by atoms with Gasteiger partial charge < -0.3 is 24.6 Å². The predicted molar refractivity (Wildman–Crippen MR) is 127 cm³/mol. The first-order valence-electron chi connectivity index (χ1n) is 10.9. The molecule has 1 unspecified atom stereocenters. The molecule has 3 aromatic rings. The number of aliphatic hydroxyl groups excluding tert-OH is 1. The summed E-state index contributed by atoms with van der Waals surface area (Å²) in [6.45, 7) is 2.25. The van der Waals surface area contributed by atoms with Crippen LogP contribution < -0.4 is 9.47 Å². The summed E-state index contributed by atoms with van der Waals surface area (Å²) in [5.41, 5.74) is 1.74. The molecule has 1 fully saturated rings. The average molecular weight is 459 g/mol. The molecule has 34 heavy (non-hydrogen) atoms. The summed E-state index contributed by atoms with van der Waals surface area (Å²) in [7, 11) is 1.57. The number of benzene rings is 3. The number of hydrogen-bond acceptors (Lipinski definition) is 6. The molecular weight excluding hydrogens is 434 g/mol. The molecule has 3 aromatic carbocycles. The van der Waals surface area contributed by atoms with Gasteiger partial charge in [-0.2, -0.15) is 0 Å². The zero-order chi connectivity index (χ0) is 24.2. The fraction of sp³-hybridized carbons (Fsp3) is 0.185. The van der Waals surface area contributed by atoms with Gasteiger partial charge in [0.1, 0.15) is 11.5 Å².